The first-order chi connectivity index (χ1) is 9.75. The highest BCUT2D eigenvalue weighted by Crippen LogP contribution is 2.21. The SMILES string of the molecule is O=C(Nc1ncccc1O)c1nccc2ccccc12. The smallest absolute Gasteiger partial charge is 0.276 e. The summed E-state index contributed by atoms with van der Waals surface area (Å²) in [5, 5.41) is 13.9. The predicted octanol–water partition coefficient (Wildman–Crippen LogP) is 2.59. The lowest BCUT2D eigenvalue weighted by atomic mass is 10.1. The van der Waals surface area contributed by atoms with Crippen molar-refractivity contribution in [1.29, 1.82) is 0 Å². The molecule has 1 amide bonds. The highest BCUT2D eigenvalue weighted by Gasteiger charge is 2.13. The summed E-state index contributed by atoms with van der Waals surface area (Å²) in [6.45, 7) is 0. The molecule has 0 saturated carbocycles. The number of nitrogens with one attached hydrogen (secondary N) is 1. The van der Waals surface area contributed by atoms with Gasteiger partial charge in [0.15, 0.2) is 11.6 Å². The Hall–Kier alpha value is -2.95. The van der Waals surface area contributed by atoms with Crippen molar-refractivity contribution in [2.75, 3.05) is 5.32 Å². The maximum atomic E-state index is 12.3. The Bertz CT molecular complexity index is 781. The minimum absolute atomic E-state index is 0.0823. The molecule has 2 aromatic heterocycles. The van der Waals surface area contributed by atoms with Crippen LogP contribution in [0.1, 0.15) is 10.5 Å². The standard InChI is InChI=1S/C15H11N3O2/c19-12-6-3-8-17-14(12)18-15(20)13-11-5-2-1-4-10(11)7-9-16-13/h1-9,19H,(H,17,18,20). The fourth-order valence-corrected chi connectivity index (χ4v) is 1.96. The maximum absolute atomic E-state index is 12.3. The third kappa shape index (κ3) is 2.16. The van der Waals surface area contributed by atoms with E-state index >= 15 is 0 Å². The number of carbonyl (C=O) groups is 1. The molecular formula is C15H11N3O2. The van der Waals surface area contributed by atoms with Crippen molar-refractivity contribution in [3.05, 3.63) is 60.6 Å². The van der Waals surface area contributed by atoms with Crippen LogP contribution in [0.3, 0.4) is 0 Å². The molecule has 0 unspecified atom stereocenters. The molecule has 0 bridgehead atoms. The molecule has 5 heteroatoms. The van der Waals surface area contributed by atoms with Crippen molar-refractivity contribution >= 4 is 22.5 Å². The lowest BCUT2D eigenvalue weighted by molar-refractivity contribution is 0.102. The largest absolute Gasteiger partial charge is 0.504 e. The first kappa shape index (κ1) is 12.1. The zero-order valence-electron chi connectivity index (χ0n) is 10.4. The molecule has 0 aliphatic heterocycles. The van der Waals surface area contributed by atoms with E-state index in [-0.39, 0.29) is 11.6 Å². The van der Waals surface area contributed by atoms with Gasteiger partial charge in [-0.25, -0.2) is 4.98 Å². The fraction of sp³-hybridized carbons (Fsp3) is 0. The second-order valence-electron chi connectivity index (χ2n) is 4.21. The molecule has 1 aromatic carbocycles. The second kappa shape index (κ2) is 4.97. The average Bonchev–Trinajstić information content (AvgIpc) is 2.49. The van der Waals surface area contributed by atoms with E-state index in [2.05, 4.69) is 15.3 Å². The molecule has 0 fully saturated rings. The number of fused-ring (bicyclic) bond motifs is 1. The van der Waals surface area contributed by atoms with Crippen molar-refractivity contribution < 1.29 is 9.90 Å². The van der Waals surface area contributed by atoms with E-state index in [9.17, 15) is 9.90 Å². The van der Waals surface area contributed by atoms with Gasteiger partial charge in [0.1, 0.15) is 5.69 Å². The summed E-state index contributed by atoms with van der Waals surface area (Å²) in [6, 6.07) is 12.4. The van der Waals surface area contributed by atoms with Crippen molar-refractivity contribution in [1.82, 2.24) is 9.97 Å². The van der Waals surface area contributed by atoms with E-state index in [1.165, 1.54) is 12.3 Å². The van der Waals surface area contributed by atoms with E-state index < -0.39 is 5.91 Å². The number of rotatable bonds is 2. The first-order valence-corrected chi connectivity index (χ1v) is 6.05. The predicted molar refractivity (Wildman–Crippen MR) is 75.6 cm³/mol. The summed E-state index contributed by atoms with van der Waals surface area (Å²) in [4.78, 5) is 20.3. The van der Waals surface area contributed by atoms with Gasteiger partial charge in [-0.3, -0.25) is 9.78 Å². The van der Waals surface area contributed by atoms with Crippen molar-refractivity contribution in [3.8, 4) is 5.75 Å². The van der Waals surface area contributed by atoms with Crippen LogP contribution in [-0.4, -0.2) is 21.0 Å². The van der Waals surface area contributed by atoms with E-state index in [4.69, 9.17) is 0 Å². The second-order valence-corrected chi connectivity index (χ2v) is 4.21. The number of carbonyl (C=O) groups excluding carboxylic acids is 1. The van der Waals surface area contributed by atoms with Crippen molar-refractivity contribution in [2.24, 2.45) is 0 Å². The van der Waals surface area contributed by atoms with Crippen LogP contribution in [0.15, 0.2) is 54.9 Å². The Morgan fingerprint density at radius 3 is 2.70 bits per heavy atom. The van der Waals surface area contributed by atoms with Gasteiger partial charge in [0, 0.05) is 17.8 Å². The van der Waals surface area contributed by atoms with Crippen molar-refractivity contribution in [2.45, 2.75) is 0 Å². The van der Waals surface area contributed by atoms with Gasteiger partial charge in [-0.1, -0.05) is 24.3 Å². The van der Waals surface area contributed by atoms with Crippen LogP contribution < -0.4 is 5.32 Å². The van der Waals surface area contributed by atoms with E-state index in [0.717, 1.165) is 10.8 Å². The third-order valence-corrected chi connectivity index (χ3v) is 2.91. The molecule has 0 aliphatic rings. The molecule has 2 N–H and O–H groups in total. The number of nitrogens with zero attached hydrogens (tertiary/aromatic N) is 2. The molecule has 3 rings (SSSR count). The lowest BCUT2D eigenvalue weighted by Crippen LogP contribution is -2.15. The van der Waals surface area contributed by atoms with Gasteiger partial charge in [-0.05, 0) is 23.6 Å². The molecular weight excluding hydrogens is 254 g/mol. The Balaban J connectivity index is 1.99. The van der Waals surface area contributed by atoms with E-state index in [1.54, 1.807) is 12.3 Å². The molecule has 0 spiro atoms. The Morgan fingerprint density at radius 1 is 1.00 bits per heavy atom. The summed E-state index contributed by atoms with van der Waals surface area (Å²) in [7, 11) is 0. The molecule has 98 valence electrons. The van der Waals surface area contributed by atoms with Crippen LogP contribution in [0.2, 0.25) is 0 Å². The first-order valence-electron chi connectivity index (χ1n) is 6.05. The number of benzene rings is 1. The van der Waals surface area contributed by atoms with Gasteiger partial charge in [-0.2, -0.15) is 0 Å². The van der Waals surface area contributed by atoms with Crippen LogP contribution >= 0.6 is 0 Å². The zero-order chi connectivity index (χ0) is 13.9. The number of anilines is 1. The summed E-state index contributed by atoms with van der Waals surface area (Å²) in [5.74, 6) is -0.371. The van der Waals surface area contributed by atoms with Gasteiger partial charge in [-0.15, -0.1) is 0 Å². The lowest BCUT2D eigenvalue weighted by Gasteiger charge is -2.07. The van der Waals surface area contributed by atoms with Crippen LogP contribution in [0, 0.1) is 0 Å². The molecule has 20 heavy (non-hydrogen) atoms. The van der Waals surface area contributed by atoms with Crippen LogP contribution in [0.25, 0.3) is 10.8 Å². The Morgan fingerprint density at radius 2 is 1.85 bits per heavy atom. The summed E-state index contributed by atoms with van der Waals surface area (Å²) in [5.41, 5.74) is 0.299. The number of hydrogen-bond acceptors (Lipinski definition) is 4. The normalized spacial score (nSPS) is 10.4. The minimum Gasteiger partial charge on any atom is -0.504 e. The highest BCUT2D eigenvalue weighted by atomic mass is 16.3. The maximum Gasteiger partial charge on any atom is 0.276 e. The molecule has 5 nitrogen and oxygen atoms in total. The number of aromatic nitrogens is 2. The van der Waals surface area contributed by atoms with Crippen LogP contribution in [0.4, 0.5) is 5.82 Å². The van der Waals surface area contributed by atoms with E-state index in [0.29, 0.717) is 5.69 Å². The number of aromatic hydroxyl groups is 1. The topological polar surface area (TPSA) is 75.1 Å². The van der Waals surface area contributed by atoms with Crippen LogP contribution in [0.5, 0.6) is 5.75 Å². The average molecular weight is 265 g/mol. The summed E-state index contributed by atoms with van der Waals surface area (Å²) in [6.07, 6.45) is 3.07. The van der Waals surface area contributed by atoms with Crippen LogP contribution in [-0.2, 0) is 0 Å². The van der Waals surface area contributed by atoms with Gasteiger partial charge in [0.25, 0.3) is 5.91 Å². The van der Waals surface area contributed by atoms with Crippen molar-refractivity contribution in [3.63, 3.8) is 0 Å². The molecule has 2 heterocycles. The molecule has 0 atom stereocenters. The molecule has 0 radical (unpaired) electrons. The number of hydrogen-bond donors (Lipinski definition) is 2. The van der Waals surface area contributed by atoms with Gasteiger partial charge in [0.2, 0.25) is 0 Å². The summed E-state index contributed by atoms with van der Waals surface area (Å²) >= 11 is 0. The number of amides is 1. The number of pyridine rings is 2. The fourth-order valence-electron chi connectivity index (χ4n) is 1.96. The third-order valence-electron chi connectivity index (χ3n) is 2.91. The Kier molecular flexibility index (Phi) is 3.01. The molecule has 0 saturated heterocycles. The minimum atomic E-state index is -0.407. The van der Waals surface area contributed by atoms with Gasteiger partial charge >= 0.3 is 0 Å². The summed E-state index contributed by atoms with van der Waals surface area (Å²) < 4.78 is 0. The molecule has 3 aromatic rings. The van der Waals surface area contributed by atoms with E-state index in [1.807, 2.05) is 30.3 Å². The zero-order valence-corrected chi connectivity index (χ0v) is 10.4. The highest BCUT2D eigenvalue weighted by molar-refractivity contribution is 6.11. The van der Waals surface area contributed by atoms with Gasteiger partial charge < -0.3 is 10.4 Å². The van der Waals surface area contributed by atoms with Gasteiger partial charge in [0.05, 0.1) is 0 Å². The molecule has 0 aliphatic carbocycles. The quantitative estimate of drug-likeness (QED) is 0.746. The Labute approximate surface area is 114 Å². The monoisotopic (exact) mass is 265 g/mol.